The number of ether oxygens (including phenoxy) is 1. The molecule has 2 heterocycles. The van der Waals surface area contributed by atoms with Crippen LogP contribution >= 0.6 is 0 Å². The maximum atomic E-state index is 12.7. The number of hydrogen-bond acceptors (Lipinski definition) is 5. The van der Waals surface area contributed by atoms with Crippen molar-refractivity contribution in [3.63, 3.8) is 0 Å². The molecule has 1 aliphatic carbocycles. The first-order chi connectivity index (χ1) is 16.5. The quantitative estimate of drug-likeness (QED) is 0.323. The number of carbonyl (C=O) groups is 1. The summed E-state index contributed by atoms with van der Waals surface area (Å²) in [5.74, 6) is 1.56. The molecule has 0 spiro atoms. The molecule has 180 valence electrons. The Labute approximate surface area is 199 Å². The number of rotatable bonds is 6. The number of benzene rings is 1. The smallest absolute Gasteiger partial charge is 0.321 e. The number of methoxy groups -OCH3 is 1. The van der Waals surface area contributed by atoms with Crippen molar-refractivity contribution in [1.82, 2.24) is 25.6 Å². The summed E-state index contributed by atoms with van der Waals surface area (Å²) >= 11 is 0. The van der Waals surface area contributed by atoms with Gasteiger partial charge in [-0.2, -0.15) is 0 Å². The SMILES string of the molecule is COc1ccc2c(CCN=C(NC(=O)NC3CCCCC3)Nc3nc(C)cc(C)n3)c[nH]c2c1. The van der Waals surface area contributed by atoms with Crippen LogP contribution < -0.4 is 20.7 Å². The molecule has 0 aliphatic heterocycles. The molecule has 1 aliphatic rings. The van der Waals surface area contributed by atoms with Crippen LogP contribution in [0.25, 0.3) is 10.9 Å². The van der Waals surface area contributed by atoms with E-state index in [1.54, 1.807) is 7.11 Å². The number of fused-ring (bicyclic) bond motifs is 1. The summed E-state index contributed by atoms with van der Waals surface area (Å²) in [5, 5.41) is 10.2. The van der Waals surface area contributed by atoms with Gasteiger partial charge in [-0.05, 0) is 56.9 Å². The van der Waals surface area contributed by atoms with Crippen LogP contribution in [0.4, 0.5) is 10.7 Å². The Kier molecular flexibility index (Phi) is 7.61. The van der Waals surface area contributed by atoms with E-state index in [-0.39, 0.29) is 12.1 Å². The number of aryl methyl sites for hydroxylation is 2. The molecule has 1 fully saturated rings. The number of nitrogens with zero attached hydrogens (tertiary/aromatic N) is 3. The highest BCUT2D eigenvalue weighted by Crippen LogP contribution is 2.23. The van der Waals surface area contributed by atoms with Gasteiger partial charge in [0.1, 0.15) is 5.75 Å². The highest BCUT2D eigenvalue weighted by atomic mass is 16.5. The lowest BCUT2D eigenvalue weighted by Gasteiger charge is -2.23. The van der Waals surface area contributed by atoms with Gasteiger partial charge in [-0.1, -0.05) is 19.3 Å². The zero-order chi connectivity index (χ0) is 23.9. The molecule has 9 nitrogen and oxygen atoms in total. The predicted octanol–water partition coefficient (Wildman–Crippen LogP) is 4.23. The van der Waals surface area contributed by atoms with Gasteiger partial charge in [0, 0.05) is 47.1 Å². The van der Waals surface area contributed by atoms with E-state index in [9.17, 15) is 4.79 Å². The fourth-order valence-corrected chi connectivity index (χ4v) is 4.36. The van der Waals surface area contributed by atoms with Crippen molar-refractivity contribution in [2.45, 2.75) is 58.4 Å². The number of aromatic amines is 1. The lowest BCUT2D eigenvalue weighted by molar-refractivity contribution is 0.237. The lowest BCUT2D eigenvalue weighted by Crippen LogP contribution is -2.47. The Morgan fingerprint density at radius 1 is 1.15 bits per heavy atom. The molecule has 0 atom stereocenters. The van der Waals surface area contributed by atoms with Crippen LogP contribution in [0, 0.1) is 13.8 Å². The number of H-pyrrole nitrogens is 1. The maximum Gasteiger partial charge on any atom is 0.321 e. The number of aromatic nitrogens is 3. The summed E-state index contributed by atoms with van der Waals surface area (Å²) in [7, 11) is 1.66. The van der Waals surface area contributed by atoms with Crippen molar-refractivity contribution in [3.05, 3.63) is 47.4 Å². The van der Waals surface area contributed by atoms with Gasteiger partial charge in [-0.15, -0.1) is 0 Å². The first-order valence-corrected chi connectivity index (χ1v) is 11.9. The Balaban J connectivity index is 1.46. The third kappa shape index (κ3) is 6.24. The van der Waals surface area contributed by atoms with Gasteiger partial charge in [-0.25, -0.2) is 14.8 Å². The second-order valence-electron chi connectivity index (χ2n) is 8.74. The average Bonchev–Trinajstić information content (AvgIpc) is 3.21. The first-order valence-electron chi connectivity index (χ1n) is 11.9. The van der Waals surface area contributed by atoms with Crippen LogP contribution in [0.5, 0.6) is 5.75 Å². The number of carbonyl (C=O) groups excluding carboxylic acids is 1. The van der Waals surface area contributed by atoms with Crippen LogP contribution in [-0.2, 0) is 6.42 Å². The standard InChI is InChI=1S/C25H33N7O2/c1-16-13-17(2)29-24(28-16)31-23(32-25(33)30-19-7-5-4-6-8-19)26-12-11-18-15-27-22-14-20(34-3)9-10-21(18)22/h9-10,13-15,19,27H,4-8,11-12H2,1-3H3,(H3,26,28,29,30,31,32,33). The number of urea groups is 1. The summed E-state index contributed by atoms with van der Waals surface area (Å²) in [4.78, 5) is 29.4. The molecule has 2 amide bonds. The van der Waals surface area contributed by atoms with Gasteiger partial charge < -0.3 is 15.0 Å². The summed E-state index contributed by atoms with van der Waals surface area (Å²) < 4.78 is 5.30. The molecule has 4 rings (SSSR count). The number of hydrogen-bond donors (Lipinski definition) is 4. The molecule has 3 aromatic rings. The number of guanidine groups is 1. The topological polar surface area (TPSA) is 116 Å². The molecule has 0 radical (unpaired) electrons. The number of nitrogens with one attached hydrogen (secondary N) is 4. The zero-order valence-corrected chi connectivity index (χ0v) is 20.1. The van der Waals surface area contributed by atoms with Crippen LogP contribution in [0.15, 0.2) is 35.5 Å². The van der Waals surface area contributed by atoms with E-state index in [0.717, 1.165) is 59.3 Å². The molecular formula is C25H33N7O2. The molecule has 2 aromatic heterocycles. The monoisotopic (exact) mass is 463 g/mol. The van der Waals surface area contributed by atoms with Gasteiger partial charge in [0.2, 0.25) is 11.9 Å². The molecule has 0 saturated heterocycles. The van der Waals surface area contributed by atoms with E-state index in [4.69, 9.17) is 4.74 Å². The largest absolute Gasteiger partial charge is 0.497 e. The average molecular weight is 464 g/mol. The third-order valence-corrected chi connectivity index (χ3v) is 6.01. The highest BCUT2D eigenvalue weighted by molar-refractivity contribution is 6.03. The summed E-state index contributed by atoms with van der Waals surface area (Å²) in [6.07, 6.45) is 8.25. The third-order valence-electron chi connectivity index (χ3n) is 6.01. The zero-order valence-electron chi connectivity index (χ0n) is 20.1. The van der Waals surface area contributed by atoms with Gasteiger partial charge in [0.25, 0.3) is 0 Å². The Bertz CT molecular complexity index is 1150. The van der Waals surface area contributed by atoms with Crippen molar-refractivity contribution in [2.75, 3.05) is 19.0 Å². The Hall–Kier alpha value is -3.62. The number of amides is 2. The number of anilines is 1. The van der Waals surface area contributed by atoms with E-state index in [1.807, 2.05) is 44.3 Å². The van der Waals surface area contributed by atoms with Crippen LogP contribution in [0.2, 0.25) is 0 Å². The molecule has 0 bridgehead atoms. The van der Waals surface area contributed by atoms with E-state index in [2.05, 4.69) is 35.9 Å². The maximum absolute atomic E-state index is 12.7. The van der Waals surface area contributed by atoms with E-state index >= 15 is 0 Å². The van der Waals surface area contributed by atoms with Gasteiger partial charge >= 0.3 is 6.03 Å². The molecular weight excluding hydrogens is 430 g/mol. The minimum atomic E-state index is -0.262. The van der Waals surface area contributed by atoms with Crippen molar-refractivity contribution in [2.24, 2.45) is 4.99 Å². The second-order valence-corrected chi connectivity index (χ2v) is 8.74. The molecule has 34 heavy (non-hydrogen) atoms. The van der Waals surface area contributed by atoms with E-state index in [1.165, 1.54) is 6.42 Å². The first kappa shape index (κ1) is 23.5. The highest BCUT2D eigenvalue weighted by Gasteiger charge is 2.17. The van der Waals surface area contributed by atoms with Gasteiger partial charge in [-0.3, -0.25) is 15.6 Å². The molecule has 9 heteroatoms. The van der Waals surface area contributed by atoms with Gasteiger partial charge in [0.15, 0.2) is 0 Å². The normalized spacial score (nSPS) is 14.7. The molecule has 1 saturated carbocycles. The van der Waals surface area contributed by atoms with Crippen molar-refractivity contribution in [3.8, 4) is 5.75 Å². The summed E-state index contributed by atoms with van der Waals surface area (Å²) in [6.45, 7) is 4.30. The van der Waals surface area contributed by atoms with Crippen molar-refractivity contribution < 1.29 is 9.53 Å². The Morgan fingerprint density at radius 2 is 1.91 bits per heavy atom. The predicted molar refractivity (Wildman–Crippen MR) is 135 cm³/mol. The molecule has 1 aromatic carbocycles. The number of aliphatic imine (C=N–C) groups is 1. The second kappa shape index (κ2) is 11.0. The van der Waals surface area contributed by atoms with Crippen LogP contribution in [0.1, 0.15) is 49.1 Å². The van der Waals surface area contributed by atoms with Gasteiger partial charge in [0.05, 0.1) is 7.11 Å². The van der Waals surface area contributed by atoms with Crippen molar-refractivity contribution >= 4 is 28.8 Å². The fraction of sp³-hybridized carbons (Fsp3) is 0.440. The summed E-state index contributed by atoms with van der Waals surface area (Å²) in [6, 6.07) is 7.81. The van der Waals surface area contributed by atoms with E-state index < -0.39 is 0 Å². The van der Waals surface area contributed by atoms with Crippen LogP contribution in [-0.4, -0.2) is 46.6 Å². The van der Waals surface area contributed by atoms with Crippen LogP contribution in [0.3, 0.4) is 0 Å². The minimum absolute atomic E-state index is 0.204. The Morgan fingerprint density at radius 3 is 2.65 bits per heavy atom. The van der Waals surface area contributed by atoms with Crippen molar-refractivity contribution in [1.29, 1.82) is 0 Å². The lowest BCUT2D eigenvalue weighted by atomic mass is 9.96. The minimum Gasteiger partial charge on any atom is -0.497 e. The van der Waals surface area contributed by atoms with E-state index in [0.29, 0.717) is 24.9 Å². The fourth-order valence-electron chi connectivity index (χ4n) is 4.36. The molecule has 0 unspecified atom stereocenters. The summed E-state index contributed by atoms with van der Waals surface area (Å²) in [5.41, 5.74) is 3.85. The molecule has 4 N–H and O–H groups in total.